The second-order valence-corrected chi connectivity index (χ2v) is 24.5. The van der Waals surface area contributed by atoms with Crippen LogP contribution in [0.15, 0.2) is 48.6 Å². The summed E-state index contributed by atoms with van der Waals surface area (Å²) in [6, 6.07) is 0. The van der Waals surface area contributed by atoms with E-state index in [2.05, 4.69) is 69.4 Å². The Balaban J connectivity index is 4.05. The van der Waals surface area contributed by atoms with Crippen LogP contribution in [-0.4, -0.2) is 37.2 Å². The predicted octanol–water partition coefficient (Wildman–Crippen LogP) is 24.9. The number of carbonyl (C=O) groups is 3. The average Bonchev–Trinajstić information content (AvgIpc) is 3.46. The number of unbranched alkanes of at least 4 members (excludes halogenated alkanes) is 48. The number of hydrogen-bond donors (Lipinski definition) is 0. The number of rotatable bonds is 67. The molecule has 6 heteroatoms. The van der Waals surface area contributed by atoms with Crippen molar-refractivity contribution >= 4 is 17.9 Å². The van der Waals surface area contributed by atoms with E-state index in [0.717, 1.165) is 83.5 Å². The van der Waals surface area contributed by atoms with Crippen molar-refractivity contribution in [1.29, 1.82) is 0 Å². The molecule has 0 aromatic heterocycles. The van der Waals surface area contributed by atoms with E-state index in [0.29, 0.717) is 19.3 Å². The van der Waals surface area contributed by atoms with Crippen molar-refractivity contribution in [1.82, 2.24) is 0 Å². The van der Waals surface area contributed by atoms with Gasteiger partial charge in [0.2, 0.25) is 0 Å². The fourth-order valence-electron chi connectivity index (χ4n) is 11.0. The summed E-state index contributed by atoms with van der Waals surface area (Å²) in [5, 5.41) is 0. The minimum absolute atomic E-state index is 0.0640. The minimum Gasteiger partial charge on any atom is -0.462 e. The van der Waals surface area contributed by atoms with Crippen LogP contribution >= 0.6 is 0 Å². The third-order valence-corrected chi connectivity index (χ3v) is 16.3. The number of ether oxygens (including phenoxy) is 3. The minimum atomic E-state index is -0.766. The van der Waals surface area contributed by atoms with Gasteiger partial charge in [-0.2, -0.15) is 0 Å². The molecule has 0 heterocycles. The molecule has 0 radical (unpaired) electrons. The molecule has 0 saturated heterocycles. The van der Waals surface area contributed by atoms with Gasteiger partial charge in [0.05, 0.1) is 0 Å². The highest BCUT2D eigenvalue weighted by Gasteiger charge is 2.19. The molecule has 474 valence electrons. The lowest BCUT2D eigenvalue weighted by atomic mass is 10.0. The van der Waals surface area contributed by atoms with E-state index in [1.807, 2.05) is 0 Å². The fourth-order valence-corrected chi connectivity index (χ4v) is 11.0. The average molecular weight is 1140 g/mol. The van der Waals surface area contributed by atoms with Crippen molar-refractivity contribution in [3.8, 4) is 0 Å². The van der Waals surface area contributed by atoms with Crippen LogP contribution in [0.3, 0.4) is 0 Å². The van der Waals surface area contributed by atoms with Crippen LogP contribution in [-0.2, 0) is 28.6 Å². The highest BCUT2D eigenvalue weighted by atomic mass is 16.6. The van der Waals surface area contributed by atoms with Gasteiger partial charge in [-0.15, -0.1) is 0 Å². The molecule has 1 unspecified atom stereocenters. The molecule has 6 nitrogen and oxygen atoms in total. The van der Waals surface area contributed by atoms with Gasteiger partial charge < -0.3 is 14.2 Å². The van der Waals surface area contributed by atoms with Crippen LogP contribution in [0, 0.1) is 0 Å². The lowest BCUT2D eigenvalue weighted by Crippen LogP contribution is -2.30. The fraction of sp³-hybridized carbons (Fsp3) is 0.853. The van der Waals surface area contributed by atoms with Crippen LogP contribution in [0.5, 0.6) is 0 Å². The van der Waals surface area contributed by atoms with Gasteiger partial charge in [0.25, 0.3) is 0 Å². The van der Waals surface area contributed by atoms with E-state index in [4.69, 9.17) is 14.2 Å². The Kier molecular flexibility index (Phi) is 67.6. The molecule has 0 aliphatic heterocycles. The topological polar surface area (TPSA) is 78.9 Å². The van der Waals surface area contributed by atoms with E-state index < -0.39 is 6.10 Å². The summed E-state index contributed by atoms with van der Waals surface area (Å²) in [6.45, 7) is 6.60. The number of carbonyl (C=O) groups excluding carboxylic acids is 3. The molecule has 0 fully saturated rings. The summed E-state index contributed by atoms with van der Waals surface area (Å²) in [6.07, 6.45) is 88.7. The van der Waals surface area contributed by atoms with Crippen LogP contribution in [0.4, 0.5) is 0 Å². The molecule has 81 heavy (non-hydrogen) atoms. The summed E-state index contributed by atoms with van der Waals surface area (Å²) in [5.74, 6) is -0.832. The third-order valence-electron chi connectivity index (χ3n) is 16.3. The maximum absolute atomic E-state index is 12.9. The number of allylic oxidation sites excluding steroid dienone is 8. The van der Waals surface area contributed by atoms with Crippen molar-refractivity contribution < 1.29 is 28.6 Å². The van der Waals surface area contributed by atoms with Crippen molar-refractivity contribution in [3.05, 3.63) is 48.6 Å². The smallest absolute Gasteiger partial charge is 0.306 e. The largest absolute Gasteiger partial charge is 0.462 e. The van der Waals surface area contributed by atoms with Crippen LogP contribution in [0.2, 0.25) is 0 Å². The first-order chi connectivity index (χ1) is 40.0. The highest BCUT2D eigenvalue weighted by molar-refractivity contribution is 5.71. The summed E-state index contributed by atoms with van der Waals surface area (Å²) in [4.78, 5) is 38.4. The molecule has 1 atom stereocenters. The zero-order valence-electron chi connectivity index (χ0n) is 54.6. The highest BCUT2D eigenvalue weighted by Crippen LogP contribution is 2.19. The number of esters is 3. The SMILES string of the molecule is CC/C=C\C/C=C\C/C=C\C/C=C\CCCCCCCCCCCCCCCCCCCCCCCCC(=O)OCC(COC(=O)CCCCCCCCCCCCCCC)OC(=O)CCCCCCCCCCCCCCCCC. The van der Waals surface area contributed by atoms with Crippen molar-refractivity contribution in [2.45, 2.75) is 399 Å². The van der Waals surface area contributed by atoms with E-state index in [9.17, 15) is 14.4 Å². The molecule has 0 aromatic carbocycles. The van der Waals surface area contributed by atoms with Crippen LogP contribution in [0.25, 0.3) is 0 Å². The molecule has 0 amide bonds. The Morgan fingerprint density at radius 2 is 0.481 bits per heavy atom. The van der Waals surface area contributed by atoms with E-state index >= 15 is 0 Å². The third kappa shape index (κ3) is 68.0. The van der Waals surface area contributed by atoms with Gasteiger partial charge in [-0.25, -0.2) is 0 Å². The molecule has 0 saturated carbocycles. The number of hydrogen-bond acceptors (Lipinski definition) is 6. The Morgan fingerprint density at radius 3 is 0.753 bits per heavy atom. The molecule has 0 aromatic rings. The van der Waals surface area contributed by atoms with Gasteiger partial charge in [-0.05, 0) is 57.8 Å². The molecule has 0 spiro atoms. The Labute approximate surface area is 505 Å². The second-order valence-electron chi connectivity index (χ2n) is 24.5. The lowest BCUT2D eigenvalue weighted by molar-refractivity contribution is -0.167. The van der Waals surface area contributed by atoms with Gasteiger partial charge in [-0.1, -0.05) is 365 Å². The first-order valence-corrected chi connectivity index (χ1v) is 36.1. The zero-order valence-corrected chi connectivity index (χ0v) is 54.6. The molecule has 0 rings (SSSR count). The van der Waals surface area contributed by atoms with E-state index in [1.54, 1.807) is 0 Å². The zero-order chi connectivity index (χ0) is 58.5. The maximum Gasteiger partial charge on any atom is 0.306 e. The Bertz CT molecular complexity index is 1400. The summed E-state index contributed by atoms with van der Waals surface area (Å²) in [7, 11) is 0. The van der Waals surface area contributed by atoms with Gasteiger partial charge in [0, 0.05) is 19.3 Å². The molecule has 0 aliphatic carbocycles. The van der Waals surface area contributed by atoms with Gasteiger partial charge >= 0.3 is 17.9 Å². The van der Waals surface area contributed by atoms with E-state index in [-0.39, 0.29) is 31.1 Å². The van der Waals surface area contributed by atoms with Gasteiger partial charge in [0.1, 0.15) is 13.2 Å². The first-order valence-electron chi connectivity index (χ1n) is 36.1. The van der Waals surface area contributed by atoms with Crippen LogP contribution < -0.4 is 0 Å². The van der Waals surface area contributed by atoms with Crippen molar-refractivity contribution in [3.63, 3.8) is 0 Å². The van der Waals surface area contributed by atoms with Gasteiger partial charge in [-0.3, -0.25) is 14.4 Å². The maximum atomic E-state index is 12.9. The molecule has 0 bridgehead atoms. The molecule has 0 N–H and O–H groups in total. The molecular formula is C75H138O6. The second kappa shape index (κ2) is 69.9. The standard InChI is InChI=1S/C75H138O6/c1-4-7-10-13-16-19-22-25-27-28-29-30-31-32-33-34-35-36-37-38-39-40-41-42-43-44-45-46-48-50-53-56-59-62-65-68-74(77)80-71-72(70-79-73(76)67-64-61-58-55-52-49-24-21-18-15-12-9-6-3)81-75(78)69-66-63-60-57-54-51-47-26-23-20-17-14-11-8-5-2/h7,10,16,19,25,27,29-30,72H,4-6,8-9,11-15,17-18,20-24,26,28,31-71H2,1-3H3/b10-7-,19-16-,27-25-,30-29-. The quantitative estimate of drug-likeness (QED) is 0.0261. The van der Waals surface area contributed by atoms with Crippen LogP contribution in [0.1, 0.15) is 393 Å². The van der Waals surface area contributed by atoms with E-state index in [1.165, 1.54) is 270 Å². The molecule has 0 aliphatic rings. The summed E-state index contributed by atoms with van der Waals surface area (Å²) < 4.78 is 17.0. The van der Waals surface area contributed by atoms with Crippen molar-refractivity contribution in [2.24, 2.45) is 0 Å². The Morgan fingerprint density at radius 1 is 0.259 bits per heavy atom. The lowest BCUT2D eigenvalue weighted by Gasteiger charge is -2.18. The normalized spacial score (nSPS) is 12.3. The summed E-state index contributed by atoms with van der Waals surface area (Å²) in [5.41, 5.74) is 0. The molecular weight excluding hydrogens is 997 g/mol. The van der Waals surface area contributed by atoms with Gasteiger partial charge in [0.15, 0.2) is 6.10 Å². The first kappa shape index (κ1) is 78.4. The predicted molar refractivity (Wildman–Crippen MR) is 353 cm³/mol. The Hall–Kier alpha value is -2.63. The van der Waals surface area contributed by atoms with Crippen molar-refractivity contribution in [2.75, 3.05) is 13.2 Å². The summed E-state index contributed by atoms with van der Waals surface area (Å²) >= 11 is 0. The monoisotopic (exact) mass is 1140 g/mol.